The van der Waals surface area contributed by atoms with Gasteiger partial charge in [-0.3, -0.25) is 4.79 Å². The first kappa shape index (κ1) is 18.3. The molecule has 0 saturated heterocycles. The quantitative estimate of drug-likeness (QED) is 0.793. The summed E-state index contributed by atoms with van der Waals surface area (Å²) in [6.45, 7) is 1.81. The Morgan fingerprint density at radius 1 is 1.11 bits per heavy atom. The van der Waals surface area contributed by atoms with Gasteiger partial charge in [-0.25, -0.2) is 4.79 Å². The fourth-order valence-corrected chi connectivity index (χ4v) is 4.17. The average molecular weight is 396 g/mol. The van der Waals surface area contributed by atoms with E-state index in [-0.39, 0.29) is 5.78 Å². The predicted octanol–water partition coefficient (Wildman–Crippen LogP) is 4.09. The number of carbonyl (C=O) groups is 2. The Bertz CT molecular complexity index is 1080. The van der Waals surface area contributed by atoms with Crippen molar-refractivity contribution in [3.63, 3.8) is 0 Å². The van der Waals surface area contributed by atoms with Crippen molar-refractivity contribution in [2.75, 3.05) is 14.2 Å². The summed E-state index contributed by atoms with van der Waals surface area (Å²) in [5, 5.41) is 3.65. The number of carbonyl (C=O) groups excluding carboxylic acids is 2. The molecule has 1 aliphatic carbocycles. The Morgan fingerprint density at radius 3 is 2.46 bits per heavy atom. The van der Waals surface area contributed by atoms with Crippen LogP contribution in [0.2, 0.25) is 5.02 Å². The predicted molar refractivity (Wildman–Crippen MR) is 106 cm³/mol. The summed E-state index contributed by atoms with van der Waals surface area (Å²) >= 11 is 6.34. The van der Waals surface area contributed by atoms with Gasteiger partial charge in [-0.05, 0) is 24.6 Å². The van der Waals surface area contributed by atoms with Gasteiger partial charge in [0.2, 0.25) is 0 Å². The molecule has 0 amide bonds. The minimum absolute atomic E-state index is 0.107. The lowest BCUT2D eigenvalue weighted by Crippen LogP contribution is -2.29. The van der Waals surface area contributed by atoms with Gasteiger partial charge < -0.3 is 14.8 Å². The monoisotopic (exact) mass is 395 g/mol. The molecule has 1 N–H and O–H groups in total. The molecule has 2 aliphatic rings. The van der Waals surface area contributed by atoms with Crippen LogP contribution in [0.5, 0.6) is 5.75 Å². The van der Waals surface area contributed by atoms with Crippen LogP contribution in [0.15, 0.2) is 59.3 Å². The number of ketones is 1. The lowest BCUT2D eigenvalue weighted by Gasteiger charge is -2.29. The molecule has 0 spiro atoms. The maximum Gasteiger partial charge on any atom is 0.336 e. The highest BCUT2D eigenvalue weighted by Crippen LogP contribution is 2.47. The first-order valence-corrected chi connectivity index (χ1v) is 9.13. The van der Waals surface area contributed by atoms with Gasteiger partial charge in [0.05, 0.1) is 30.5 Å². The molecule has 0 radical (unpaired) electrons. The lowest BCUT2D eigenvalue weighted by atomic mass is 9.80. The van der Waals surface area contributed by atoms with E-state index in [0.29, 0.717) is 33.2 Å². The number of allylic oxidation sites excluding steroid dienone is 2. The smallest absolute Gasteiger partial charge is 0.336 e. The molecule has 0 saturated carbocycles. The molecule has 0 bridgehead atoms. The van der Waals surface area contributed by atoms with Crippen LogP contribution in [-0.2, 0) is 9.53 Å². The van der Waals surface area contributed by atoms with E-state index in [1.165, 1.54) is 14.2 Å². The molecular formula is C22H18ClNO4. The Kier molecular flexibility index (Phi) is 4.47. The van der Waals surface area contributed by atoms with Gasteiger partial charge in [-0.2, -0.15) is 0 Å². The average Bonchev–Trinajstić information content (AvgIpc) is 2.98. The van der Waals surface area contributed by atoms with Crippen LogP contribution in [0.25, 0.3) is 5.70 Å². The van der Waals surface area contributed by atoms with Crippen molar-refractivity contribution in [1.82, 2.24) is 5.32 Å². The third-order valence-electron chi connectivity index (χ3n) is 5.16. The number of esters is 1. The van der Waals surface area contributed by atoms with E-state index >= 15 is 0 Å². The van der Waals surface area contributed by atoms with E-state index in [0.717, 1.165) is 16.8 Å². The van der Waals surface area contributed by atoms with E-state index in [1.54, 1.807) is 25.1 Å². The zero-order valence-electron chi connectivity index (χ0n) is 15.6. The van der Waals surface area contributed by atoms with E-state index < -0.39 is 11.9 Å². The van der Waals surface area contributed by atoms with Gasteiger partial charge in [0.1, 0.15) is 5.75 Å². The summed E-state index contributed by atoms with van der Waals surface area (Å²) in [4.78, 5) is 25.9. The van der Waals surface area contributed by atoms with Crippen molar-refractivity contribution >= 4 is 29.1 Å². The van der Waals surface area contributed by atoms with Gasteiger partial charge in [-0.15, -0.1) is 0 Å². The largest absolute Gasteiger partial charge is 0.495 e. The number of nitrogens with one attached hydrogen (secondary N) is 1. The minimum atomic E-state index is -0.591. The summed E-state index contributed by atoms with van der Waals surface area (Å²) in [6, 6.07) is 12.7. The van der Waals surface area contributed by atoms with Gasteiger partial charge in [0.25, 0.3) is 0 Å². The highest BCUT2D eigenvalue weighted by atomic mass is 35.5. The van der Waals surface area contributed by atoms with Gasteiger partial charge >= 0.3 is 5.97 Å². The Balaban J connectivity index is 1.95. The third-order valence-corrected chi connectivity index (χ3v) is 5.46. The molecule has 6 heteroatoms. The Morgan fingerprint density at radius 2 is 1.82 bits per heavy atom. The van der Waals surface area contributed by atoms with E-state index in [2.05, 4.69) is 5.32 Å². The first-order valence-electron chi connectivity index (χ1n) is 8.75. The second-order valence-corrected chi connectivity index (χ2v) is 7.05. The van der Waals surface area contributed by atoms with Crippen LogP contribution < -0.4 is 10.1 Å². The number of halogens is 1. The fourth-order valence-electron chi connectivity index (χ4n) is 3.91. The summed E-state index contributed by atoms with van der Waals surface area (Å²) in [5.74, 6) is -0.664. The molecule has 1 unspecified atom stereocenters. The Hall–Kier alpha value is -3.05. The number of hydrogen-bond acceptors (Lipinski definition) is 5. The van der Waals surface area contributed by atoms with Gasteiger partial charge in [-0.1, -0.05) is 41.9 Å². The number of benzene rings is 2. The van der Waals surface area contributed by atoms with Crippen molar-refractivity contribution in [1.29, 1.82) is 0 Å². The molecule has 5 nitrogen and oxygen atoms in total. The summed E-state index contributed by atoms with van der Waals surface area (Å²) in [6.07, 6.45) is 0. The first-order chi connectivity index (χ1) is 13.5. The van der Waals surface area contributed by atoms with E-state index in [9.17, 15) is 9.59 Å². The number of fused-ring (bicyclic) bond motifs is 2. The molecule has 4 rings (SSSR count). The minimum Gasteiger partial charge on any atom is -0.495 e. The zero-order valence-corrected chi connectivity index (χ0v) is 16.4. The second-order valence-electron chi connectivity index (χ2n) is 6.65. The van der Waals surface area contributed by atoms with Crippen LogP contribution in [-0.4, -0.2) is 26.0 Å². The number of hydrogen-bond donors (Lipinski definition) is 1. The number of Topliss-reactive ketones (excluding diaryl/α,β-unsaturated/α-hetero) is 1. The van der Waals surface area contributed by atoms with Crippen molar-refractivity contribution in [3.8, 4) is 5.75 Å². The Labute approximate surface area is 167 Å². The SMILES string of the molecule is COC(=O)C1=C(C)NC2=C(C(=O)c3ccccc32)C1c1ccc(OC)c(Cl)c1. The third kappa shape index (κ3) is 2.62. The standard InChI is InChI=1S/C22H18ClNO4/c1-11-17(22(26)28-3)18(12-8-9-16(27-2)15(23)10-12)19-20(24-11)13-6-4-5-7-14(13)21(19)25/h4-10,18,24H,1-3H3. The lowest BCUT2D eigenvalue weighted by molar-refractivity contribution is -0.136. The van der Waals surface area contributed by atoms with Crippen LogP contribution in [0.4, 0.5) is 0 Å². The molecule has 0 fully saturated rings. The number of rotatable bonds is 3. The highest BCUT2D eigenvalue weighted by Gasteiger charge is 2.42. The normalized spacial score (nSPS) is 17.9. The summed E-state index contributed by atoms with van der Waals surface area (Å²) in [7, 11) is 2.86. The zero-order chi connectivity index (χ0) is 20.0. The highest BCUT2D eigenvalue weighted by molar-refractivity contribution is 6.32. The van der Waals surface area contributed by atoms with Gasteiger partial charge in [0, 0.05) is 28.3 Å². The number of ether oxygens (including phenoxy) is 2. The molecule has 2 aromatic rings. The van der Waals surface area contributed by atoms with Crippen molar-refractivity contribution in [3.05, 3.63) is 81.0 Å². The summed E-state index contributed by atoms with van der Waals surface area (Å²) < 4.78 is 10.3. The fraction of sp³-hybridized carbons (Fsp3) is 0.182. The molecule has 142 valence electrons. The molecule has 1 heterocycles. The number of methoxy groups -OCH3 is 2. The summed E-state index contributed by atoms with van der Waals surface area (Å²) in [5.41, 5.74) is 4.45. The topological polar surface area (TPSA) is 64.6 Å². The van der Waals surface area contributed by atoms with Crippen LogP contribution in [0.1, 0.15) is 34.3 Å². The van der Waals surface area contributed by atoms with Crippen LogP contribution in [0.3, 0.4) is 0 Å². The van der Waals surface area contributed by atoms with E-state index in [1.807, 2.05) is 24.3 Å². The van der Waals surface area contributed by atoms with E-state index in [4.69, 9.17) is 21.1 Å². The molecule has 2 aromatic carbocycles. The van der Waals surface area contributed by atoms with Crippen molar-refractivity contribution in [2.24, 2.45) is 0 Å². The molecule has 28 heavy (non-hydrogen) atoms. The maximum atomic E-state index is 13.3. The molecule has 1 aliphatic heterocycles. The molecule has 0 aromatic heterocycles. The van der Waals surface area contributed by atoms with Gasteiger partial charge in [0.15, 0.2) is 5.78 Å². The second kappa shape index (κ2) is 6.84. The number of dihydropyridines is 1. The van der Waals surface area contributed by atoms with Crippen LogP contribution in [0, 0.1) is 0 Å². The molecule has 1 atom stereocenters. The maximum absolute atomic E-state index is 13.3. The van der Waals surface area contributed by atoms with Crippen molar-refractivity contribution in [2.45, 2.75) is 12.8 Å². The van der Waals surface area contributed by atoms with Crippen molar-refractivity contribution < 1.29 is 19.1 Å². The van der Waals surface area contributed by atoms with Crippen LogP contribution >= 0.6 is 11.6 Å². The molecular weight excluding hydrogens is 378 g/mol.